The number of rotatable bonds is 5. The van der Waals surface area contributed by atoms with E-state index < -0.39 is 0 Å². The lowest BCUT2D eigenvalue weighted by atomic mass is 10.1. The number of aryl methyl sites for hydroxylation is 1. The molecule has 1 aliphatic rings. The molecule has 5 aromatic rings. The van der Waals surface area contributed by atoms with Crippen LogP contribution >= 0.6 is 11.6 Å². The van der Waals surface area contributed by atoms with Crippen molar-refractivity contribution in [3.8, 4) is 11.3 Å². The Labute approximate surface area is 217 Å². The molecule has 4 N–H and O–H groups in total. The highest BCUT2D eigenvalue weighted by Gasteiger charge is 2.21. The fraction of sp³-hybridized carbons (Fsp3) is 0.111. The monoisotopic (exact) mass is 511 g/mol. The average molecular weight is 512 g/mol. The Morgan fingerprint density at radius 1 is 1.08 bits per heavy atom. The molecule has 0 saturated carbocycles. The second-order valence-corrected chi connectivity index (χ2v) is 9.39. The van der Waals surface area contributed by atoms with Crippen LogP contribution in [0.2, 0.25) is 5.02 Å². The lowest BCUT2D eigenvalue weighted by molar-refractivity contribution is -0.791. The topological polar surface area (TPSA) is 123 Å². The van der Waals surface area contributed by atoms with Crippen molar-refractivity contribution in [3.05, 3.63) is 94.0 Å². The number of nitrogens with zero attached hydrogens (tertiary/aromatic N) is 3. The molecule has 2 aromatic heterocycles. The Balaban J connectivity index is 1.19. The minimum Gasteiger partial charge on any atom is -0.629 e. The quantitative estimate of drug-likeness (QED) is 0.259. The molecule has 184 valence electrons. The number of imidazole rings is 1. The number of nitrogens with one attached hydrogen (secondary N) is 4. The van der Waals surface area contributed by atoms with Crippen LogP contribution in [0, 0.1) is 12.1 Å². The number of H-pyrrole nitrogens is 1. The number of quaternary nitrogens is 1. The summed E-state index contributed by atoms with van der Waals surface area (Å²) in [7, 11) is 0. The van der Waals surface area contributed by atoms with E-state index in [1.54, 1.807) is 18.3 Å². The second-order valence-electron chi connectivity index (χ2n) is 8.96. The first kappa shape index (κ1) is 23.1. The maximum Gasteiger partial charge on any atom is 0.228 e. The van der Waals surface area contributed by atoms with Crippen molar-refractivity contribution in [2.75, 3.05) is 10.6 Å². The molecule has 0 spiro atoms. The van der Waals surface area contributed by atoms with Gasteiger partial charge in [-0.25, -0.2) is 15.0 Å². The van der Waals surface area contributed by atoms with Crippen LogP contribution in [0.1, 0.15) is 17.0 Å². The Bertz CT molecular complexity index is 1650. The predicted molar refractivity (Wildman–Crippen MR) is 143 cm³/mol. The zero-order valence-corrected chi connectivity index (χ0v) is 20.6. The van der Waals surface area contributed by atoms with Crippen LogP contribution < -0.4 is 15.7 Å². The minimum absolute atomic E-state index is 0.0332. The van der Waals surface area contributed by atoms with Crippen molar-refractivity contribution >= 4 is 51.6 Å². The first-order valence-electron chi connectivity index (χ1n) is 11.7. The first-order valence-corrected chi connectivity index (χ1v) is 12.1. The third-order valence-corrected chi connectivity index (χ3v) is 6.46. The molecular formula is C27H22ClN7O2. The summed E-state index contributed by atoms with van der Waals surface area (Å²) in [5, 5.41) is 19.5. The summed E-state index contributed by atoms with van der Waals surface area (Å²) in [6, 6.07) is 18.4. The summed E-state index contributed by atoms with van der Waals surface area (Å²) in [6.45, 7) is 2.18. The number of aromatic nitrogens is 4. The van der Waals surface area contributed by atoms with E-state index in [1.165, 1.54) is 0 Å². The van der Waals surface area contributed by atoms with E-state index in [-0.39, 0.29) is 23.9 Å². The van der Waals surface area contributed by atoms with E-state index in [0.717, 1.165) is 39.2 Å². The number of hydrogen-bond donors (Lipinski definition) is 4. The first-order chi connectivity index (χ1) is 17.9. The summed E-state index contributed by atoms with van der Waals surface area (Å²) in [5.41, 5.74) is 6.85. The molecule has 0 radical (unpaired) electrons. The third kappa shape index (κ3) is 4.75. The van der Waals surface area contributed by atoms with Crippen molar-refractivity contribution in [2.45, 2.75) is 19.9 Å². The van der Waals surface area contributed by atoms with Crippen molar-refractivity contribution in [1.29, 1.82) is 0 Å². The van der Waals surface area contributed by atoms with Gasteiger partial charge in [0.25, 0.3) is 0 Å². The molecule has 3 aromatic carbocycles. The van der Waals surface area contributed by atoms with E-state index in [1.807, 2.05) is 55.5 Å². The zero-order chi connectivity index (χ0) is 25.5. The number of amides is 1. The van der Waals surface area contributed by atoms with Crippen molar-refractivity contribution < 1.29 is 9.86 Å². The molecule has 1 amide bonds. The highest BCUT2D eigenvalue weighted by molar-refractivity contribution is 6.31. The fourth-order valence-electron chi connectivity index (χ4n) is 4.46. The number of benzene rings is 3. The molecule has 0 fully saturated rings. The van der Waals surface area contributed by atoms with Crippen molar-refractivity contribution in [2.24, 2.45) is 0 Å². The molecule has 1 aliphatic heterocycles. The van der Waals surface area contributed by atoms with Crippen LogP contribution in [0.4, 0.5) is 23.0 Å². The minimum atomic E-state index is -0.142. The third-order valence-electron chi connectivity index (χ3n) is 6.22. The molecule has 0 aliphatic carbocycles. The number of fused-ring (bicyclic) bond motifs is 4. The van der Waals surface area contributed by atoms with Gasteiger partial charge in [-0.15, -0.1) is 0 Å². The number of halogens is 1. The maximum absolute atomic E-state index is 12.8. The number of hydrogen-bond acceptors (Lipinski definition) is 6. The summed E-state index contributed by atoms with van der Waals surface area (Å²) >= 11 is 6.12. The fourth-order valence-corrected chi connectivity index (χ4v) is 4.63. The smallest absolute Gasteiger partial charge is 0.228 e. The molecule has 0 bridgehead atoms. The van der Waals surface area contributed by atoms with E-state index in [4.69, 9.17) is 16.6 Å². The van der Waals surface area contributed by atoms with Crippen LogP contribution in [0.3, 0.4) is 0 Å². The lowest BCUT2D eigenvalue weighted by Gasteiger charge is -2.22. The molecule has 9 nitrogen and oxygen atoms in total. The van der Waals surface area contributed by atoms with Gasteiger partial charge in [0.15, 0.2) is 0 Å². The largest absolute Gasteiger partial charge is 0.629 e. The molecule has 6 rings (SSSR count). The van der Waals surface area contributed by atoms with Gasteiger partial charge < -0.3 is 25.9 Å². The Kier molecular flexibility index (Phi) is 5.80. The number of anilines is 3. The average Bonchev–Trinajstić information content (AvgIpc) is 3.19. The normalized spacial score (nSPS) is 13.4. The molecular weight excluding hydrogens is 490 g/mol. The zero-order valence-electron chi connectivity index (χ0n) is 19.8. The molecule has 3 heterocycles. The van der Waals surface area contributed by atoms with Crippen molar-refractivity contribution in [3.63, 3.8) is 0 Å². The lowest BCUT2D eigenvalue weighted by Crippen LogP contribution is -3.00. The van der Waals surface area contributed by atoms with E-state index >= 15 is 0 Å². The number of hydroxylamine groups is 1. The number of aromatic amines is 1. The highest BCUT2D eigenvalue weighted by atomic mass is 35.5. The van der Waals surface area contributed by atoms with E-state index in [2.05, 4.69) is 25.6 Å². The van der Waals surface area contributed by atoms with Gasteiger partial charge in [-0.3, -0.25) is 4.79 Å². The van der Waals surface area contributed by atoms with Crippen LogP contribution in [-0.4, -0.2) is 25.8 Å². The SMILES string of the molecule is Cc1nc2ccc([NH+]([O-])Cc3ccc(Nc4ncc5c(n4)-c4ccc(Cl)cc4NC(=O)C5)cc3)cc2[nH]1. The van der Waals surface area contributed by atoms with Gasteiger partial charge in [-0.1, -0.05) is 23.7 Å². The molecule has 1 unspecified atom stereocenters. The molecule has 37 heavy (non-hydrogen) atoms. The summed E-state index contributed by atoms with van der Waals surface area (Å²) in [5.74, 6) is 1.08. The molecule has 0 saturated heterocycles. The van der Waals surface area contributed by atoms with Gasteiger partial charge in [0, 0.05) is 45.7 Å². The maximum atomic E-state index is 12.8. The second kappa shape index (κ2) is 9.29. The van der Waals surface area contributed by atoms with Gasteiger partial charge in [-0.2, -0.15) is 0 Å². The highest BCUT2D eigenvalue weighted by Crippen LogP contribution is 2.34. The van der Waals surface area contributed by atoms with Gasteiger partial charge in [-0.05, 0) is 43.3 Å². The van der Waals surface area contributed by atoms with E-state index in [9.17, 15) is 10.0 Å². The van der Waals surface area contributed by atoms with Crippen molar-refractivity contribution in [1.82, 2.24) is 19.9 Å². The van der Waals surface area contributed by atoms with Gasteiger partial charge >= 0.3 is 0 Å². The van der Waals surface area contributed by atoms with Crippen LogP contribution in [-0.2, 0) is 17.8 Å². The Hall–Kier alpha value is -4.31. The van der Waals surface area contributed by atoms with Gasteiger partial charge in [0.2, 0.25) is 11.9 Å². The predicted octanol–water partition coefficient (Wildman–Crippen LogP) is 4.43. The standard InChI is InChI=1S/C27H22ClN7O2/c1-15-30-22-9-7-20(12-24(22)31-15)35(37)14-16-2-5-19(6-3-16)32-27-29-13-17-10-25(36)33-23-11-18(28)4-8-21(23)26(17)34-27/h2-9,11-13,35H,10,14H2,1H3,(H,30,31)(H,33,36)(H,29,32,34). The number of carbonyl (C=O) groups excluding carboxylic acids is 1. The number of carbonyl (C=O) groups is 1. The van der Waals surface area contributed by atoms with Gasteiger partial charge in [0.05, 0.1) is 28.8 Å². The summed E-state index contributed by atoms with van der Waals surface area (Å²) in [6.07, 6.45) is 1.84. The van der Waals surface area contributed by atoms with Crippen LogP contribution in [0.15, 0.2) is 66.9 Å². The van der Waals surface area contributed by atoms with Crippen LogP contribution in [0.25, 0.3) is 22.3 Å². The van der Waals surface area contributed by atoms with Gasteiger partial charge in [0.1, 0.15) is 18.1 Å². The summed E-state index contributed by atoms with van der Waals surface area (Å²) < 4.78 is 0. The van der Waals surface area contributed by atoms with E-state index in [0.29, 0.717) is 28.0 Å². The summed E-state index contributed by atoms with van der Waals surface area (Å²) in [4.78, 5) is 28.9. The Morgan fingerprint density at radius 3 is 2.76 bits per heavy atom. The molecule has 10 heteroatoms. The van der Waals surface area contributed by atoms with Crippen LogP contribution in [0.5, 0.6) is 0 Å². The Morgan fingerprint density at radius 2 is 1.92 bits per heavy atom. The molecule has 1 atom stereocenters.